The molecule has 0 atom stereocenters. The number of rotatable bonds is 3. The molecular weight excluding hydrogens is 268 g/mol. The van der Waals surface area contributed by atoms with Crippen LogP contribution < -0.4 is 0 Å². The van der Waals surface area contributed by atoms with Crippen LogP contribution >= 0.6 is 12.4 Å². The van der Waals surface area contributed by atoms with Gasteiger partial charge in [-0.2, -0.15) is 0 Å². The lowest BCUT2D eigenvalue weighted by Crippen LogP contribution is -2.50. The van der Waals surface area contributed by atoms with E-state index in [9.17, 15) is 0 Å². The van der Waals surface area contributed by atoms with Crippen LogP contribution in [0.15, 0.2) is 30.3 Å². The third kappa shape index (κ3) is 4.21. The number of hydrogen-bond acceptors (Lipinski definition) is 2. The topological polar surface area (TPSA) is 6.48 Å². The van der Waals surface area contributed by atoms with E-state index < -0.39 is 0 Å². The fourth-order valence-corrected chi connectivity index (χ4v) is 3.57. The van der Waals surface area contributed by atoms with Crippen molar-refractivity contribution in [1.29, 1.82) is 0 Å². The second-order valence-corrected chi connectivity index (χ2v) is 6.09. The van der Waals surface area contributed by atoms with Crippen LogP contribution in [0.2, 0.25) is 0 Å². The van der Waals surface area contributed by atoms with Gasteiger partial charge < -0.3 is 0 Å². The van der Waals surface area contributed by atoms with E-state index in [4.69, 9.17) is 0 Å². The number of benzene rings is 1. The summed E-state index contributed by atoms with van der Waals surface area (Å²) in [5.74, 6) is 0. The minimum atomic E-state index is 0. The van der Waals surface area contributed by atoms with Gasteiger partial charge in [0.25, 0.3) is 0 Å². The SMILES string of the molecule is Cl.c1ccc(CN2CCN(C3CCCCC3)CC2)cc1. The summed E-state index contributed by atoms with van der Waals surface area (Å²) in [4.78, 5) is 5.36. The quantitative estimate of drug-likeness (QED) is 0.841. The van der Waals surface area contributed by atoms with E-state index in [2.05, 4.69) is 40.1 Å². The number of hydrogen-bond donors (Lipinski definition) is 0. The zero-order chi connectivity index (χ0) is 12.9. The standard InChI is InChI=1S/C17H26N2.ClH/c1-3-7-16(8-4-1)15-18-11-13-19(14-12-18)17-9-5-2-6-10-17;/h1,3-4,7-8,17H,2,5-6,9-15H2;1H. The number of nitrogens with zero attached hydrogens (tertiary/aromatic N) is 2. The molecule has 1 aliphatic heterocycles. The third-order valence-electron chi connectivity index (χ3n) is 4.75. The molecule has 0 N–H and O–H groups in total. The summed E-state index contributed by atoms with van der Waals surface area (Å²) in [6.07, 6.45) is 7.26. The van der Waals surface area contributed by atoms with Gasteiger partial charge in [0, 0.05) is 38.8 Å². The Bertz CT molecular complexity index is 368. The number of halogens is 1. The van der Waals surface area contributed by atoms with Gasteiger partial charge in [0.05, 0.1) is 0 Å². The van der Waals surface area contributed by atoms with Crippen molar-refractivity contribution < 1.29 is 0 Å². The van der Waals surface area contributed by atoms with E-state index in [1.54, 1.807) is 0 Å². The molecule has 3 heteroatoms. The summed E-state index contributed by atoms with van der Waals surface area (Å²) >= 11 is 0. The molecule has 1 aliphatic carbocycles. The van der Waals surface area contributed by atoms with E-state index in [0.29, 0.717) is 0 Å². The average Bonchev–Trinajstić information content (AvgIpc) is 2.50. The second kappa shape index (κ2) is 8.02. The van der Waals surface area contributed by atoms with Gasteiger partial charge in [-0.1, -0.05) is 49.6 Å². The molecule has 0 radical (unpaired) electrons. The molecule has 1 saturated heterocycles. The van der Waals surface area contributed by atoms with Crippen molar-refractivity contribution >= 4 is 12.4 Å². The van der Waals surface area contributed by atoms with Crippen molar-refractivity contribution in [3.05, 3.63) is 35.9 Å². The summed E-state index contributed by atoms with van der Waals surface area (Å²) in [6, 6.07) is 11.8. The Hall–Kier alpha value is -0.570. The monoisotopic (exact) mass is 294 g/mol. The van der Waals surface area contributed by atoms with Gasteiger partial charge in [0.1, 0.15) is 0 Å². The summed E-state index contributed by atoms with van der Waals surface area (Å²) < 4.78 is 0. The van der Waals surface area contributed by atoms with Crippen LogP contribution in [-0.2, 0) is 6.54 Å². The van der Waals surface area contributed by atoms with Crippen molar-refractivity contribution in [1.82, 2.24) is 9.80 Å². The molecule has 0 amide bonds. The van der Waals surface area contributed by atoms with E-state index in [-0.39, 0.29) is 12.4 Å². The van der Waals surface area contributed by atoms with Crippen molar-refractivity contribution in [3.63, 3.8) is 0 Å². The minimum Gasteiger partial charge on any atom is -0.298 e. The molecule has 1 heterocycles. The van der Waals surface area contributed by atoms with Gasteiger partial charge in [-0.15, -0.1) is 12.4 Å². The summed E-state index contributed by atoms with van der Waals surface area (Å²) in [6.45, 7) is 6.16. The zero-order valence-electron chi connectivity index (χ0n) is 12.3. The maximum atomic E-state index is 2.75. The molecule has 20 heavy (non-hydrogen) atoms. The molecule has 2 aliphatic rings. The maximum Gasteiger partial charge on any atom is 0.0234 e. The summed E-state index contributed by atoms with van der Waals surface area (Å²) in [5, 5.41) is 0. The van der Waals surface area contributed by atoms with E-state index in [1.807, 2.05) is 0 Å². The van der Waals surface area contributed by atoms with Gasteiger partial charge in [0.15, 0.2) is 0 Å². The molecule has 0 unspecified atom stereocenters. The highest BCUT2D eigenvalue weighted by Gasteiger charge is 2.24. The first-order chi connectivity index (χ1) is 9.42. The summed E-state index contributed by atoms with van der Waals surface area (Å²) in [5.41, 5.74) is 1.45. The van der Waals surface area contributed by atoms with Crippen LogP contribution in [-0.4, -0.2) is 42.0 Å². The maximum absolute atomic E-state index is 2.75. The molecule has 1 aromatic carbocycles. The highest BCUT2D eigenvalue weighted by Crippen LogP contribution is 2.23. The van der Waals surface area contributed by atoms with Crippen molar-refractivity contribution in [2.75, 3.05) is 26.2 Å². The molecule has 0 aromatic heterocycles. The first-order valence-electron chi connectivity index (χ1n) is 7.92. The van der Waals surface area contributed by atoms with E-state index >= 15 is 0 Å². The van der Waals surface area contributed by atoms with Gasteiger partial charge in [-0.25, -0.2) is 0 Å². The Balaban J connectivity index is 0.00000147. The molecule has 1 aromatic rings. The van der Waals surface area contributed by atoms with E-state index in [0.717, 1.165) is 12.6 Å². The highest BCUT2D eigenvalue weighted by molar-refractivity contribution is 5.85. The first-order valence-corrected chi connectivity index (χ1v) is 7.92. The van der Waals surface area contributed by atoms with Gasteiger partial charge in [-0.05, 0) is 18.4 Å². The smallest absolute Gasteiger partial charge is 0.0234 e. The zero-order valence-corrected chi connectivity index (χ0v) is 13.2. The predicted octanol–water partition coefficient (Wildman–Crippen LogP) is 3.56. The van der Waals surface area contributed by atoms with Crippen LogP contribution in [0.25, 0.3) is 0 Å². The van der Waals surface area contributed by atoms with Crippen molar-refractivity contribution in [3.8, 4) is 0 Å². The van der Waals surface area contributed by atoms with Crippen molar-refractivity contribution in [2.24, 2.45) is 0 Å². The predicted molar refractivity (Wildman–Crippen MR) is 87.4 cm³/mol. The lowest BCUT2D eigenvalue weighted by molar-refractivity contribution is 0.0755. The Kier molecular flexibility index (Phi) is 6.34. The molecule has 3 rings (SSSR count). The first kappa shape index (κ1) is 15.8. The average molecular weight is 295 g/mol. The van der Waals surface area contributed by atoms with Gasteiger partial charge in [-0.3, -0.25) is 9.80 Å². The Morgan fingerprint density at radius 2 is 1.50 bits per heavy atom. The molecule has 0 spiro atoms. The van der Waals surface area contributed by atoms with Gasteiger partial charge >= 0.3 is 0 Å². The molecule has 2 nitrogen and oxygen atoms in total. The van der Waals surface area contributed by atoms with Crippen molar-refractivity contribution in [2.45, 2.75) is 44.7 Å². The van der Waals surface area contributed by atoms with Crippen LogP contribution in [0, 0.1) is 0 Å². The fraction of sp³-hybridized carbons (Fsp3) is 0.647. The second-order valence-electron chi connectivity index (χ2n) is 6.09. The molecule has 112 valence electrons. The largest absolute Gasteiger partial charge is 0.298 e. The Morgan fingerprint density at radius 1 is 0.850 bits per heavy atom. The number of piperazine rings is 1. The van der Waals surface area contributed by atoms with E-state index in [1.165, 1.54) is 63.8 Å². The molecule has 0 bridgehead atoms. The summed E-state index contributed by atoms with van der Waals surface area (Å²) in [7, 11) is 0. The Labute approximate surface area is 129 Å². The molecule has 1 saturated carbocycles. The molecular formula is C17H27ClN2. The lowest BCUT2D eigenvalue weighted by atomic mass is 9.94. The van der Waals surface area contributed by atoms with Crippen LogP contribution in [0.4, 0.5) is 0 Å². The fourth-order valence-electron chi connectivity index (χ4n) is 3.57. The van der Waals surface area contributed by atoms with Crippen LogP contribution in [0.3, 0.4) is 0 Å². The normalized spacial score (nSPS) is 22.4. The third-order valence-corrected chi connectivity index (χ3v) is 4.75. The Morgan fingerprint density at radius 3 is 2.15 bits per heavy atom. The minimum absolute atomic E-state index is 0. The molecule has 2 fully saturated rings. The van der Waals surface area contributed by atoms with Crippen LogP contribution in [0.5, 0.6) is 0 Å². The lowest BCUT2D eigenvalue weighted by Gasteiger charge is -2.40. The highest BCUT2D eigenvalue weighted by atomic mass is 35.5. The van der Waals surface area contributed by atoms with Crippen LogP contribution in [0.1, 0.15) is 37.7 Å². The van der Waals surface area contributed by atoms with Gasteiger partial charge in [0.2, 0.25) is 0 Å².